The smallest absolute Gasteiger partial charge is 0.228 e. The number of hydrogen-bond acceptors (Lipinski definition) is 9. The van der Waals surface area contributed by atoms with Gasteiger partial charge in [-0.25, -0.2) is 8.42 Å². The van der Waals surface area contributed by atoms with Crippen LogP contribution in [0.2, 0.25) is 0 Å². The molecule has 3 aliphatic rings. The van der Waals surface area contributed by atoms with Crippen molar-refractivity contribution >= 4 is 27.6 Å². The predicted octanol–water partition coefficient (Wildman–Crippen LogP) is 1.98. The van der Waals surface area contributed by atoms with Crippen LogP contribution in [-0.2, 0) is 16.6 Å². The number of methoxy groups -OCH3 is 1. The van der Waals surface area contributed by atoms with Crippen molar-refractivity contribution in [2.45, 2.75) is 69.7 Å². The number of H-pyrrole nitrogens is 1. The Bertz CT molecular complexity index is 1070. The third-order valence-corrected chi connectivity index (χ3v) is 8.81. The Morgan fingerprint density at radius 1 is 1.15 bits per heavy atom. The minimum atomic E-state index is -3.21. The third kappa shape index (κ3) is 5.07. The molecule has 0 unspecified atom stereocenters. The molecular formula is C21H31N7O4S. The van der Waals surface area contributed by atoms with Crippen molar-refractivity contribution in [1.82, 2.24) is 24.5 Å². The van der Waals surface area contributed by atoms with Crippen LogP contribution in [0.15, 0.2) is 12.1 Å². The Labute approximate surface area is 193 Å². The quantitative estimate of drug-likeness (QED) is 0.426. The molecule has 0 spiro atoms. The fourth-order valence-corrected chi connectivity index (χ4v) is 7.45. The largest absolute Gasteiger partial charge is 0.481 e. The molecule has 1 saturated carbocycles. The zero-order valence-corrected chi connectivity index (χ0v) is 19.5. The van der Waals surface area contributed by atoms with Gasteiger partial charge in [-0.1, -0.05) is 6.42 Å². The van der Waals surface area contributed by atoms with Gasteiger partial charge in [-0.3, -0.25) is 5.10 Å². The second-order valence-electron chi connectivity index (χ2n) is 9.28. The second kappa shape index (κ2) is 9.07. The van der Waals surface area contributed by atoms with Crippen molar-refractivity contribution in [2.75, 3.05) is 23.5 Å². The van der Waals surface area contributed by atoms with Crippen molar-refractivity contribution in [3.8, 4) is 5.88 Å². The number of aromatic nitrogens is 4. The molecule has 2 aromatic rings. The van der Waals surface area contributed by atoms with Gasteiger partial charge in [0, 0.05) is 30.3 Å². The van der Waals surface area contributed by atoms with Crippen LogP contribution in [0, 0.1) is 5.92 Å². The lowest BCUT2D eigenvalue weighted by atomic mass is 9.84. The summed E-state index contributed by atoms with van der Waals surface area (Å²) in [4.78, 5) is 8.99. The van der Waals surface area contributed by atoms with Crippen LogP contribution >= 0.6 is 0 Å². The summed E-state index contributed by atoms with van der Waals surface area (Å²) < 4.78 is 33.3. The van der Waals surface area contributed by atoms with E-state index in [-0.39, 0.29) is 24.7 Å². The number of anilines is 3. The number of ether oxygens (including phenoxy) is 1. The van der Waals surface area contributed by atoms with Gasteiger partial charge >= 0.3 is 0 Å². The zero-order chi connectivity index (χ0) is 23.0. The van der Waals surface area contributed by atoms with Gasteiger partial charge in [0.15, 0.2) is 5.82 Å². The van der Waals surface area contributed by atoms with Gasteiger partial charge in [-0.05, 0) is 44.4 Å². The minimum Gasteiger partial charge on any atom is -0.481 e. The van der Waals surface area contributed by atoms with Gasteiger partial charge in [0.05, 0.1) is 25.2 Å². The summed E-state index contributed by atoms with van der Waals surface area (Å²) in [6.07, 6.45) is 6.42. The molecule has 3 fully saturated rings. The molecule has 0 aromatic carbocycles. The van der Waals surface area contributed by atoms with E-state index < -0.39 is 10.0 Å². The predicted molar refractivity (Wildman–Crippen MR) is 123 cm³/mol. The summed E-state index contributed by atoms with van der Waals surface area (Å²) in [6, 6.07) is 3.51. The normalized spacial score (nSPS) is 25.6. The first-order valence-electron chi connectivity index (χ1n) is 11.6. The van der Waals surface area contributed by atoms with E-state index in [4.69, 9.17) is 4.74 Å². The molecule has 12 heteroatoms. The summed E-state index contributed by atoms with van der Waals surface area (Å²) in [5.41, 5.74) is 0.590. The lowest BCUT2D eigenvalue weighted by molar-refractivity contribution is 0.115. The van der Waals surface area contributed by atoms with Crippen molar-refractivity contribution < 1.29 is 18.3 Å². The Hall–Kier alpha value is -2.44. The minimum absolute atomic E-state index is 0.0305. The maximum absolute atomic E-state index is 13.1. The van der Waals surface area contributed by atoms with Crippen molar-refractivity contribution in [3.05, 3.63) is 17.8 Å². The highest BCUT2D eigenvalue weighted by atomic mass is 32.2. The molecule has 2 bridgehead atoms. The maximum Gasteiger partial charge on any atom is 0.228 e. The number of aliphatic hydroxyl groups is 1. The third-order valence-electron chi connectivity index (χ3n) is 6.67. The van der Waals surface area contributed by atoms with Crippen LogP contribution in [0.5, 0.6) is 5.88 Å². The Kier molecular flexibility index (Phi) is 6.14. The molecule has 0 radical (unpaired) electrons. The molecule has 2 saturated heterocycles. The lowest BCUT2D eigenvalue weighted by Gasteiger charge is -2.47. The molecule has 4 heterocycles. The first-order valence-corrected chi connectivity index (χ1v) is 13.2. The van der Waals surface area contributed by atoms with Gasteiger partial charge in [0.1, 0.15) is 5.82 Å². The molecule has 4 N–H and O–H groups in total. The van der Waals surface area contributed by atoms with Crippen LogP contribution in [0.25, 0.3) is 0 Å². The molecule has 5 rings (SSSR count). The first kappa shape index (κ1) is 22.4. The standard InChI is InChI=1S/C21H31N7O4S/c1-32-20-10-18(23-19-9-15(11-29)26-27-19)24-21(25-20)22-14-7-16-3-2-4-17(8-14)28(16)33(30,31)12-13-5-6-13/h9-10,13-14,16-17,29H,2-8,11-12H2,1H3,(H3,22,23,24,25,26,27)/t14-,16+,17-. The number of aromatic amines is 1. The highest BCUT2D eigenvalue weighted by molar-refractivity contribution is 7.89. The van der Waals surface area contributed by atoms with E-state index in [1.165, 1.54) is 0 Å². The highest BCUT2D eigenvalue weighted by Gasteiger charge is 2.45. The number of nitrogens with zero attached hydrogens (tertiary/aromatic N) is 4. The second-order valence-corrected chi connectivity index (χ2v) is 11.2. The molecule has 180 valence electrons. The Balaban J connectivity index is 1.30. The number of sulfonamides is 1. The summed E-state index contributed by atoms with van der Waals surface area (Å²) in [6.45, 7) is -0.133. The van der Waals surface area contributed by atoms with E-state index in [1.54, 1.807) is 19.2 Å². The number of aliphatic hydroxyl groups excluding tert-OH is 1. The van der Waals surface area contributed by atoms with Crippen molar-refractivity contribution in [3.63, 3.8) is 0 Å². The summed E-state index contributed by atoms with van der Waals surface area (Å²) >= 11 is 0. The van der Waals surface area contributed by atoms with Gasteiger partial charge in [0.2, 0.25) is 21.9 Å². The molecule has 3 atom stereocenters. The van der Waals surface area contributed by atoms with Gasteiger partial charge < -0.3 is 20.5 Å². The van der Waals surface area contributed by atoms with E-state index in [1.807, 2.05) is 4.31 Å². The Morgan fingerprint density at radius 3 is 2.55 bits per heavy atom. The Morgan fingerprint density at radius 2 is 1.91 bits per heavy atom. The SMILES string of the molecule is COc1cc(Nc2cc(CO)[nH]n2)nc(N[C@H]2C[C@H]3CCC[C@@H](C2)N3S(=O)(=O)CC2CC2)n1. The maximum atomic E-state index is 13.1. The van der Waals surface area contributed by atoms with Crippen LogP contribution in [0.1, 0.15) is 50.6 Å². The monoisotopic (exact) mass is 477 g/mol. The van der Waals surface area contributed by atoms with E-state index in [2.05, 4.69) is 30.8 Å². The van der Waals surface area contributed by atoms with Gasteiger partial charge in [-0.15, -0.1) is 0 Å². The summed E-state index contributed by atoms with van der Waals surface area (Å²) in [7, 11) is -1.67. The molecule has 2 aromatic heterocycles. The van der Waals surface area contributed by atoms with E-state index in [9.17, 15) is 13.5 Å². The fraction of sp³-hybridized carbons (Fsp3) is 0.667. The van der Waals surface area contributed by atoms with Crippen molar-refractivity contribution in [1.29, 1.82) is 0 Å². The van der Waals surface area contributed by atoms with Crippen LogP contribution in [0.4, 0.5) is 17.6 Å². The van der Waals surface area contributed by atoms with E-state index in [0.29, 0.717) is 40.8 Å². The van der Waals surface area contributed by atoms with E-state index in [0.717, 1.165) is 44.9 Å². The first-order chi connectivity index (χ1) is 15.9. The van der Waals surface area contributed by atoms with Gasteiger partial charge in [-0.2, -0.15) is 19.4 Å². The van der Waals surface area contributed by atoms with Gasteiger partial charge in [0.25, 0.3) is 0 Å². The average Bonchev–Trinajstić information content (AvgIpc) is 3.46. The number of fused-ring (bicyclic) bond motifs is 2. The lowest BCUT2D eigenvalue weighted by Crippen LogP contribution is -2.57. The van der Waals surface area contributed by atoms with Crippen LogP contribution in [-0.4, -0.2) is 69.0 Å². The fourth-order valence-electron chi connectivity index (χ4n) is 5.06. The average molecular weight is 478 g/mol. The number of hydrogen-bond donors (Lipinski definition) is 4. The molecular weight excluding hydrogens is 446 g/mol. The molecule has 2 aliphatic heterocycles. The number of piperidine rings is 2. The summed E-state index contributed by atoms with van der Waals surface area (Å²) in [5.74, 6) is 2.51. The van der Waals surface area contributed by atoms with Crippen molar-refractivity contribution in [2.24, 2.45) is 5.92 Å². The molecule has 33 heavy (non-hydrogen) atoms. The number of rotatable bonds is 9. The van der Waals surface area contributed by atoms with Crippen LogP contribution in [0.3, 0.4) is 0 Å². The number of nitrogens with one attached hydrogen (secondary N) is 3. The zero-order valence-electron chi connectivity index (χ0n) is 18.7. The van der Waals surface area contributed by atoms with E-state index >= 15 is 0 Å². The molecule has 11 nitrogen and oxygen atoms in total. The molecule has 1 aliphatic carbocycles. The highest BCUT2D eigenvalue weighted by Crippen LogP contribution is 2.40. The van der Waals surface area contributed by atoms with Crippen LogP contribution < -0.4 is 15.4 Å². The molecule has 0 amide bonds. The summed E-state index contributed by atoms with van der Waals surface area (Å²) in [5, 5.41) is 22.6. The topological polar surface area (TPSA) is 145 Å².